The van der Waals surface area contributed by atoms with E-state index in [-0.39, 0.29) is 5.41 Å². The van der Waals surface area contributed by atoms with Crippen LogP contribution in [0.25, 0.3) is 77.1 Å². The predicted molar refractivity (Wildman–Crippen MR) is 226 cm³/mol. The van der Waals surface area contributed by atoms with Crippen LogP contribution in [0.5, 0.6) is 11.5 Å². The summed E-state index contributed by atoms with van der Waals surface area (Å²) in [5.41, 5.74) is 5.57. The second kappa shape index (κ2) is 11.8. The Labute approximate surface area is 309 Å². The van der Waals surface area contributed by atoms with Gasteiger partial charge in [-0.25, -0.2) is 0 Å². The maximum atomic E-state index is 6.81. The minimum Gasteiger partial charge on any atom is -0.456 e. The second-order valence-corrected chi connectivity index (χ2v) is 14.7. The lowest BCUT2D eigenvalue weighted by Gasteiger charge is -2.35. The lowest BCUT2D eigenvalue weighted by atomic mass is 9.75. The first-order chi connectivity index (χ1) is 26.0. The summed E-state index contributed by atoms with van der Waals surface area (Å²) in [5.74, 6) is 1.86. The van der Waals surface area contributed by atoms with Gasteiger partial charge in [-0.3, -0.25) is 0 Å². The van der Waals surface area contributed by atoms with E-state index < -0.39 is 0 Å². The molecule has 0 fully saturated rings. The zero-order valence-corrected chi connectivity index (χ0v) is 30.2. The van der Waals surface area contributed by atoms with Crippen LogP contribution in [0.15, 0.2) is 158 Å². The smallest absolute Gasteiger partial charge is 0.139 e. The monoisotopic (exact) mass is 678 g/mol. The highest BCUT2D eigenvalue weighted by molar-refractivity contribution is 6.17. The van der Waals surface area contributed by atoms with E-state index in [1.807, 2.05) is 0 Å². The highest BCUT2D eigenvalue weighted by Crippen LogP contribution is 2.51. The van der Waals surface area contributed by atoms with E-state index in [0.717, 1.165) is 28.2 Å². The average molecular weight is 679 g/mol. The number of rotatable bonds is 2. The molecule has 10 rings (SSSR count). The highest BCUT2D eigenvalue weighted by Gasteiger charge is 2.35. The molecule has 7 aromatic carbocycles. The van der Waals surface area contributed by atoms with Gasteiger partial charge in [-0.15, -0.1) is 0 Å². The van der Waals surface area contributed by atoms with Crippen LogP contribution in [-0.2, 0) is 5.41 Å². The molecule has 1 heterocycles. The van der Waals surface area contributed by atoms with Crippen molar-refractivity contribution < 1.29 is 4.74 Å². The molecule has 0 unspecified atom stereocenters. The summed E-state index contributed by atoms with van der Waals surface area (Å²) in [5, 5.41) is 15.8. The molecule has 0 saturated carbocycles. The third-order valence-electron chi connectivity index (χ3n) is 11.7. The van der Waals surface area contributed by atoms with Gasteiger partial charge in [0, 0.05) is 22.1 Å². The van der Waals surface area contributed by atoms with Crippen LogP contribution in [0.3, 0.4) is 0 Å². The molecule has 53 heavy (non-hydrogen) atoms. The molecule has 0 amide bonds. The summed E-state index contributed by atoms with van der Waals surface area (Å²) in [6.07, 6.45) is 4.36. The third kappa shape index (κ3) is 4.50. The van der Waals surface area contributed by atoms with Crippen LogP contribution in [0.1, 0.15) is 37.5 Å². The number of ether oxygens (including phenoxy) is 1. The summed E-state index contributed by atoms with van der Waals surface area (Å²) in [6, 6.07) is 55.5. The van der Waals surface area contributed by atoms with Crippen molar-refractivity contribution >= 4 is 66.0 Å². The Morgan fingerprint density at radius 2 is 1.02 bits per heavy atom. The molecule has 0 bridgehead atoms. The van der Waals surface area contributed by atoms with Crippen LogP contribution < -0.4 is 9.96 Å². The van der Waals surface area contributed by atoms with Crippen molar-refractivity contribution in [2.24, 2.45) is 0 Å². The molecule has 0 radical (unpaired) electrons. The Morgan fingerprint density at radius 1 is 0.491 bits per heavy atom. The Morgan fingerprint density at radius 3 is 1.74 bits per heavy atom. The van der Waals surface area contributed by atoms with Crippen LogP contribution in [0.2, 0.25) is 0 Å². The van der Waals surface area contributed by atoms with Gasteiger partial charge in [-0.05, 0) is 99.7 Å². The standard InChI is InChI=1S/C52H38O/c1-5-33-36-17-7-9-19-38(36)40-21-11-12-22-41(40)43-24-15-25-44-45-31-32(29-30-42(45)39-20-10-8-18-37(39)34(6-2)49(33)50(43)44)35-23-16-27-47-51(35)53-48-28-14-13-26-46(48)52(47,3)4/h5-31H,1H2,2-4H3/b34-6-,36-33?,40-38?,43-41?,49-33?,50-49?. The van der Waals surface area contributed by atoms with Gasteiger partial charge in [0.2, 0.25) is 0 Å². The molecular weight excluding hydrogens is 641 g/mol. The Balaban J connectivity index is 1.47. The largest absolute Gasteiger partial charge is 0.456 e. The van der Waals surface area contributed by atoms with Gasteiger partial charge in [0.15, 0.2) is 0 Å². The normalized spacial score (nSPS) is 13.7. The van der Waals surface area contributed by atoms with Gasteiger partial charge in [-0.1, -0.05) is 172 Å². The van der Waals surface area contributed by atoms with E-state index in [1.54, 1.807) is 0 Å². The number of para-hydroxylation sites is 2. The van der Waals surface area contributed by atoms with E-state index in [2.05, 4.69) is 191 Å². The molecule has 1 aliphatic heterocycles. The van der Waals surface area contributed by atoms with Crippen molar-refractivity contribution in [3.8, 4) is 22.6 Å². The first kappa shape index (κ1) is 31.3. The topological polar surface area (TPSA) is 9.23 Å². The summed E-state index contributed by atoms with van der Waals surface area (Å²) >= 11 is 0. The van der Waals surface area contributed by atoms with Crippen molar-refractivity contribution in [1.82, 2.24) is 0 Å². The Kier molecular flexibility index (Phi) is 6.97. The zero-order chi connectivity index (χ0) is 35.8. The quantitative estimate of drug-likeness (QED) is 0.177. The molecule has 0 atom stereocenters. The van der Waals surface area contributed by atoms with Gasteiger partial charge in [0.1, 0.15) is 11.5 Å². The maximum Gasteiger partial charge on any atom is 0.139 e. The predicted octanol–water partition coefficient (Wildman–Crippen LogP) is 13.6. The van der Waals surface area contributed by atoms with Crippen molar-refractivity contribution in [3.05, 3.63) is 191 Å². The first-order valence-corrected chi connectivity index (χ1v) is 18.5. The lowest BCUT2D eigenvalue weighted by molar-refractivity contribution is 0.419. The fraction of sp³-hybridized carbons (Fsp3) is 0.0769. The number of hydrogen-bond acceptors (Lipinski definition) is 1. The molecule has 7 aromatic rings. The summed E-state index contributed by atoms with van der Waals surface area (Å²) in [4.78, 5) is 0. The molecular formula is C52H38O. The lowest BCUT2D eigenvalue weighted by Crippen LogP contribution is -2.24. The number of benzene rings is 7. The SMILES string of the molecule is C=Cc1c2/c(=C\C)c3ccccc3c3ccc(-c4cccc5c4Oc4ccccc4C5(C)C)cc3c3cccc(c3=2)c2ccccc2c2ccccc12. The van der Waals surface area contributed by atoms with Gasteiger partial charge < -0.3 is 4.74 Å². The summed E-state index contributed by atoms with van der Waals surface area (Å²) in [6.45, 7) is 11.3. The Hall–Kier alpha value is -6.44. The minimum absolute atomic E-state index is 0.203. The Bertz CT molecular complexity index is 3200. The molecule has 1 heteroatoms. The summed E-state index contributed by atoms with van der Waals surface area (Å²) in [7, 11) is 0. The first-order valence-electron chi connectivity index (χ1n) is 18.5. The van der Waals surface area contributed by atoms with Gasteiger partial charge in [-0.2, -0.15) is 0 Å². The van der Waals surface area contributed by atoms with Crippen LogP contribution in [0, 0.1) is 10.4 Å². The fourth-order valence-corrected chi connectivity index (χ4v) is 9.19. The van der Waals surface area contributed by atoms with Crippen molar-refractivity contribution in [2.75, 3.05) is 0 Å². The van der Waals surface area contributed by atoms with Crippen LogP contribution in [0.4, 0.5) is 0 Å². The number of fused-ring (bicyclic) bond motifs is 10. The fourth-order valence-electron chi connectivity index (χ4n) is 9.19. The van der Waals surface area contributed by atoms with Crippen molar-refractivity contribution in [1.29, 1.82) is 0 Å². The van der Waals surface area contributed by atoms with E-state index in [4.69, 9.17) is 4.74 Å². The second-order valence-electron chi connectivity index (χ2n) is 14.7. The van der Waals surface area contributed by atoms with E-state index >= 15 is 0 Å². The molecule has 0 spiro atoms. The van der Waals surface area contributed by atoms with Gasteiger partial charge in [0.25, 0.3) is 0 Å². The van der Waals surface area contributed by atoms with E-state index in [0.29, 0.717) is 0 Å². The average Bonchev–Trinajstić information content (AvgIpc) is 3.20. The molecule has 0 aromatic heterocycles. The third-order valence-corrected chi connectivity index (χ3v) is 11.7. The highest BCUT2D eigenvalue weighted by atomic mass is 16.5. The maximum absolute atomic E-state index is 6.81. The van der Waals surface area contributed by atoms with E-state index in [1.165, 1.54) is 80.6 Å². The molecule has 1 nitrogen and oxygen atoms in total. The van der Waals surface area contributed by atoms with Gasteiger partial charge >= 0.3 is 0 Å². The molecule has 3 aliphatic rings. The summed E-state index contributed by atoms with van der Waals surface area (Å²) < 4.78 is 6.81. The van der Waals surface area contributed by atoms with Crippen LogP contribution in [-0.4, -0.2) is 0 Å². The van der Waals surface area contributed by atoms with Crippen LogP contribution >= 0.6 is 0 Å². The van der Waals surface area contributed by atoms with Gasteiger partial charge in [0.05, 0.1) is 0 Å². The molecule has 2 aliphatic carbocycles. The zero-order valence-electron chi connectivity index (χ0n) is 30.2. The molecule has 0 saturated heterocycles. The number of hydrogen-bond donors (Lipinski definition) is 0. The molecule has 0 N–H and O–H groups in total. The van der Waals surface area contributed by atoms with Crippen molar-refractivity contribution in [3.63, 3.8) is 0 Å². The molecule has 252 valence electrons. The minimum atomic E-state index is -0.203. The van der Waals surface area contributed by atoms with E-state index in [9.17, 15) is 0 Å². The van der Waals surface area contributed by atoms with Crippen molar-refractivity contribution in [2.45, 2.75) is 26.2 Å².